The van der Waals surface area contributed by atoms with Gasteiger partial charge in [0.25, 0.3) is 0 Å². The maximum atomic E-state index is 12.3. The molecule has 22 heavy (non-hydrogen) atoms. The van der Waals surface area contributed by atoms with Crippen LogP contribution in [0.25, 0.3) is 10.6 Å². The van der Waals surface area contributed by atoms with Crippen LogP contribution in [-0.4, -0.2) is 46.6 Å². The number of hydrogen-bond donors (Lipinski definition) is 0. The van der Waals surface area contributed by atoms with E-state index < -0.39 is 0 Å². The molecule has 2 aromatic heterocycles. The second-order valence-electron chi connectivity index (χ2n) is 5.40. The van der Waals surface area contributed by atoms with Gasteiger partial charge in [-0.25, -0.2) is 4.98 Å². The van der Waals surface area contributed by atoms with Gasteiger partial charge in [-0.3, -0.25) is 9.78 Å². The first-order valence-corrected chi connectivity index (χ1v) is 8.34. The number of nitrogens with zero attached hydrogens (tertiary/aromatic N) is 3. The minimum absolute atomic E-state index is 0.169. The number of pyridine rings is 1. The van der Waals surface area contributed by atoms with Crippen LogP contribution in [0.3, 0.4) is 0 Å². The summed E-state index contributed by atoms with van der Waals surface area (Å²) < 4.78 is 5.37. The fourth-order valence-corrected chi connectivity index (χ4v) is 3.36. The molecule has 1 fully saturated rings. The number of ether oxygens (including phenoxy) is 1. The van der Waals surface area contributed by atoms with Crippen LogP contribution in [0.15, 0.2) is 29.9 Å². The Kier molecular flexibility index (Phi) is 4.80. The van der Waals surface area contributed by atoms with Gasteiger partial charge in [-0.2, -0.15) is 0 Å². The Labute approximate surface area is 134 Å². The SMILES string of the molecule is CC1COCCN1C(=O)CCc1csc(-c2cccnc2)n1. The monoisotopic (exact) mass is 317 g/mol. The predicted octanol–water partition coefficient (Wildman–Crippen LogP) is 2.38. The lowest BCUT2D eigenvalue weighted by molar-refractivity contribution is -0.139. The van der Waals surface area contributed by atoms with Gasteiger partial charge >= 0.3 is 0 Å². The van der Waals surface area contributed by atoms with Gasteiger partial charge in [-0.05, 0) is 25.5 Å². The summed E-state index contributed by atoms with van der Waals surface area (Å²) in [6, 6.07) is 4.07. The molecule has 1 unspecified atom stereocenters. The molecule has 1 amide bonds. The van der Waals surface area contributed by atoms with E-state index in [0.29, 0.717) is 32.6 Å². The van der Waals surface area contributed by atoms with Gasteiger partial charge in [0.15, 0.2) is 0 Å². The number of morpholine rings is 1. The highest BCUT2D eigenvalue weighted by molar-refractivity contribution is 7.13. The zero-order valence-electron chi connectivity index (χ0n) is 12.6. The van der Waals surface area contributed by atoms with Crippen LogP contribution in [0.1, 0.15) is 19.0 Å². The van der Waals surface area contributed by atoms with Gasteiger partial charge in [0.2, 0.25) is 5.91 Å². The lowest BCUT2D eigenvalue weighted by Crippen LogP contribution is -2.47. The van der Waals surface area contributed by atoms with Gasteiger partial charge in [-0.15, -0.1) is 11.3 Å². The fourth-order valence-electron chi connectivity index (χ4n) is 2.52. The van der Waals surface area contributed by atoms with Gasteiger partial charge < -0.3 is 9.64 Å². The van der Waals surface area contributed by atoms with E-state index in [1.54, 1.807) is 17.5 Å². The van der Waals surface area contributed by atoms with Crippen molar-refractivity contribution in [3.63, 3.8) is 0 Å². The molecule has 0 bridgehead atoms. The molecule has 0 N–H and O–H groups in total. The molecule has 0 spiro atoms. The summed E-state index contributed by atoms with van der Waals surface area (Å²) in [5.41, 5.74) is 1.99. The molecule has 3 heterocycles. The summed E-state index contributed by atoms with van der Waals surface area (Å²) in [5.74, 6) is 0.187. The van der Waals surface area contributed by atoms with Crippen LogP contribution in [0.2, 0.25) is 0 Å². The number of thiazole rings is 1. The average molecular weight is 317 g/mol. The maximum Gasteiger partial charge on any atom is 0.223 e. The van der Waals surface area contributed by atoms with Crippen LogP contribution in [0.5, 0.6) is 0 Å². The molecule has 0 radical (unpaired) electrons. The van der Waals surface area contributed by atoms with Crippen LogP contribution in [0.4, 0.5) is 0 Å². The first-order valence-electron chi connectivity index (χ1n) is 7.46. The first-order chi connectivity index (χ1) is 10.7. The molecule has 2 aromatic rings. The fraction of sp³-hybridized carbons (Fsp3) is 0.438. The molecule has 116 valence electrons. The molecular formula is C16H19N3O2S. The molecular weight excluding hydrogens is 298 g/mol. The van der Waals surface area contributed by atoms with E-state index in [2.05, 4.69) is 9.97 Å². The minimum atomic E-state index is 0.169. The topological polar surface area (TPSA) is 55.3 Å². The van der Waals surface area contributed by atoms with Crippen molar-refractivity contribution < 1.29 is 9.53 Å². The number of hydrogen-bond acceptors (Lipinski definition) is 5. The summed E-state index contributed by atoms with van der Waals surface area (Å²) in [6.45, 7) is 3.99. The van der Waals surface area contributed by atoms with Gasteiger partial charge in [0.1, 0.15) is 5.01 Å². The zero-order chi connectivity index (χ0) is 15.4. The van der Waals surface area contributed by atoms with Crippen molar-refractivity contribution >= 4 is 17.2 Å². The predicted molar refractivity (Wildman–Crippen MR) is 85.7 cm³/mol. The highest BCUT2D eigenvalue weighted by Crippen LogP contribution is 2.23. The molecule has 0 saturated carbocycles. The van der Waals surface area contributed by atoms with Crippen molar-refractivity contribution in [2.75, 3.05) is 19.8 Å². The van der Waals surface area contributed by atoms with E-state index >= 15 is 0 Å². The second-order valence-corrected chi connectivity index (χ2v) is 6.25. The Morgan fingerprint density at radius 3 is 3.23 bits per heavy atom. The van der Waals surface area contributed by atoms with Crippen LogP contribution in [0, 0.1) is 0 Å². The highest BCUT2D eigenvalue weighted by Gasteiger charge is 2.23. The average Bonchev–Trinajstić information content (AvgIpc) is 3.03. The number of aromatic nitrogens is 2. The summed E-state index contributed by atoms with van der Waals surface area (Å²) in [7, 11) is 0. The lowest BCUT2D eigenvalue weighted by atomic mass is 10.2. The third kappa shape index (κ3) is 3.51. The molecule has 1 aliphatic heterocycles. The Hall–Kier alpha value is -1.79. The van der Waals surface area contributed by atoms with Crippen molar-refractivity contribution in [3.05, 3.63) is 35.6 Å². The van der Waals surface area contributed by atoms with Crippen LogP contribution in [-0.2, 0) is 16.0 Å². The lowest BCUT2D eigenvalue weighted by Gasteiger charge is -2.33. The second kappa shape index (κ2) is 6.98. The van der Waals surface area contributed by atoms with Gasteiger partial charge in [0, 0.05) is 36.3 Å². The number of amides is 1. The largest absolute Gasteiger partial charge is 0.377 e. The van der Waals surface area contributed by atoms with Gasteiger partial charge in [0.05, 0.1) is 24.9 Å². The van der Waals surface area contributed by atoms with Crippen LogP contribution < -0.4 is 0 Å². The van der Waals surface area contributed by atoms with Crippen LogP contribution >= 0.6 is 11.3 Å². The van der Waals surface area contributed by atoms with E-state index in [0.717, 1.165) is 16.3 Å². The molecule has 6 heteroatoms. The molecule has 0 aliphatic carbocycles. The molecule has 1 atom stereocenters. The third-order valence-corrected chi connectivity index (χ3v) is 4.68. The molecule has 1 aliphatic rings. The summed E-state index contributed by atoms with van der Waals surface area (Å²) >= 11 is 1.59. The van der Waals surface area contributed by atoms with E-state index in [-0.39, 0.29) is 11.9 Å². The molecule has 1 saturated heterocycles. The normalized spacial score (nSPS) is 18.4. The third-order valence-electron chi connectivity index (χ3n) is 3.74. The number of carbonyl (C=O) groups excluding carboxylic acids is 1. The number of rotatable bonds is 4. The van der Waals surface area contributed by atoms with Gasteiger partial charge in [-0.1, -0.05) is 0 Å². The Bertz CT molecular complexity index is 629. The smallest absolute Gasteiger partial charge is 0.223 e. The van der Waals surface area contributed by atoms with E-state index in [9.17, 15) is 4.79 Å². The Morgan fingerprint density at radius 1 is 1.55 bits per heavy atom. The van der Waals surface area contributed by atoms with E-state index in [4.69, 9.17) is 4.74 Å². The molecule has 0 aromatic carbocycles. The summed E-state index contributed by atoms with van der Waals surface area (Å²) in [4.78, 5) is 22.9. The molecule has 5 nitrogen and oxygen atoms in total. The van der Waals surface area contributed by atoms with E-state index in [1.807, 2.05) is 35.5 Å². The summed E-state index contributed by atoms with van der Waals surface area (Å²) in [6.07, 6.45) is 4.74. The van der Waals surface area contributed by atoms with Crippen molar-refractivity contribution in [2.24, 2.45) is 0 Å². The zero-order valence-corrected chi connectivity index (χ0v) is 13.4. The Morgan fingerprint density at radius 2 is 2.45 bits per heavy atom. The molecule has 3 rings (SSSR count). The van der Waals surface area contributed by atoms with Crippen molar-refractivity contribution in [1.82, 2.24) is 14.9 Å². The quantitative estimate of drug-likeness (QED) is 0.869. The maximum absolute atomic E-state index is 12.3. The standard InChI is InChI=1S/C16H19N3O2S/c1-12-10-21-8-7-19(12)15(20)5-4-14-11-22-16(18-14)13-3-2-6-17-9-13/h2-3,6,9,11-12H,4-5,7-8,10H2,1H3. The number of carbonyl (C=O) groups is 1. The minimum Gasteiger partial charge on any atom is -0.377 e. The first kappa shape index (κ1) is 15.1. The summed E-state index contributed by atoms with van der Waals surface area (Å²) in [5, 5.41) is 2.98. The number of aryl methyl sites for hydroxylation is 1. The Balaban J connectivity index is 1.58. The van der Waals surface area contributed by atoms with Crippen molar-refractivity contribution in [1.29, 1.82) is 0 Å². The van der Waals surface area contributed by atoms with Crippen molar-refractivity contribution in [3.8, 4) is 10.6 Å². The van der Waals surface area contributed by atoms with Crippen molar-refractivity contribution in [2.45, 2.75) is 25.8 Å². The van der Waals surface area contributed by atoms with E-state index in [1.165, 1.54) is 0 Å². The highest BCUT2D eigenvalue weighted by atomic mass is 32.1.